The summed E-state index contributed by atoms with van der Waals surface area (Å²) in [7, 11) is 1.60. The molecule has 0 bridgehead atoms. The maximum atomic E-state index is 6.05. The minimum absolute atomic E-state index is 0.597. The van der Waals surface area contributed by atoms with Crippen LogP contribution in [0.4, 0.5) is 11.4 Å². The van der Waals surface area contributed by atoms with Crippen molar-refractivity contribution in [2.45, 2.75) is 6.54 Å². The number of ether oxygens (including phenoxy) is 1. The Labute approximate surface area is 112 Å². The van der Waals surface area contributed by atoms with E-state index >= 15 is 0 Å². The summed E-state index contributed by atoms with van der Waals surface area (Å²) < 4.78 is 5.10. The summed E-state index contributed by atoms with van der Waals surface area (Å²) in [5.74, 6) is 0.676. The van der Waals surface area contributed by atoms with Gasteiger partial charge in [-0.05, 0) is 35.9 Å². The van der Waals surface area contributed by atoms with E-state index in [1.807, 2.05) is 42.5 Å². The van der Waals surface area contributed by atoms with Crippen molar-refractivity contribution in [1.82, 2.24) is 0 Å². The quantitative estimate of drug-likeness (QED) is 0.829. The topological polar surface area (TPSA) is 47.3 Å². The van der Waals surface area contributed by atoms with Crippen molar-refractivity contribution in [2.24, 2.45) is 0 Å². The lowest BCUT2D eigenvalue weighted by Crippen LogP contribution is -1.99. The van der Waals surface area contributed by atoms with Gasteiger partial charge in [0.25, 0.3) is 0 Å². The van der Waals surface area contributed by atoms with E-state index in [0.29, 0.717) is 10.8 Å². The first-order valence-electron chi connectivity index (χ1n) is 5.61. The van der Waals surface area contributed by atoms with Gasteiger partial charge in [-0.2, -0.15) is 0 Å². The highest BCUT2D eigenvalue weighted by Gasteiger charge is 2.01. The molecule has 2 rings (SSSR count). The number of nitrogen functional groups attached to an aromatic ring is 1. The summed E-state index contributed by atoms with van der Waals surface area (Å²) in [6, 6.07) is 13.4. The Morgan fingerprint density at radius 3 is 2.50 bits per heavy atom. The molecule has 0 aliphatic heterocycles. The molecule has 18 heavy (non-hydrogen) atoms. The van der Waals surface area contributed by atoms with Crippen LogP contribution in [0.3, 0.4) is 0 Å². The lowest BCUT2D eigenvalue weighted by molar-refractivity contribution is 0.415. The molecular formula is C14H15ClN2O. The molecule has 3 nitrogen and oxygen atoms in total. The van der Waals surface area contributed by atoms with E-state index < -0.39 is 0 Å². The summed E-state index contributed by atoms with van der Waals surface area (Å²) >= 11 is 6.05. The van der Waals surface area contributed by atoms with Gasteiger partial charge >= 0.3 is 0 Å². The number of rotatable bonds is 4. The van der Waals surface area contributed by atoms with Crippen molar-refractivity contribution in [3.05, 3.63) is 53.1 Å². The SMILES string of the molecule is COc1ccc(NCc2ccc(N)cc2)cc1Cl. The molecule has 3 N–H and O–H groups in total. The molecule has 0 atom stereocenters. The zero-order valence-corrected chi connectivity index (χ0v) is 10.9. The van der Waals surface area contributed by atoms with Crippen LogP contribution < -0.4 is 15.8 Å². The predicted octanol–water partition coefficient (Wildman–Crippen LogP) is 3.54. The van der Waals surface area contributed by atoms with Crippen LogP contribution in [-0.2, 0) is 6.54 Å². The number of methoxy groups -OCH3 is 1. The van der Waals surface area contributed by atoms with Crippen LogP contribution in [-0.4, -0.2) is 7.11 Å². The van der Waals surface area contributed by atoms with E-state index in [1.54, 1.807) is 7.11 Å². The molecule has 0 radical (unpaired) electrons. The van der Waals surface area contributed by atoms with Crippen LogP contribution in [0.25, 0.3) is 0 Å². The van der Waals surface area contributed by atoms with Crippen LogP contribution in [0.5, 0.6) is 5.75 Å². The molecule has 0 saturated carbocycles. The molecule has 94 valence electrons. The number of nitrogens with one attached hydrogen (secondary N) is 1. The summed E-state index contributed by atoms with van der Waals surface area (Å²) in [4.78, 5) is 0. The number of nitrogens with two attached hydrogens (primary N) is 1. The molecule has 0 heterocycles. The summed E-state index contributed by atoms with van der Waals surface area (Å²) in [6.45, 7) is 0.725. The molecular weight excluding hydrogens is 248 g/mol. The molecule has 0 aliphatic rings. The van der Waals surface area contributed by atoms with E-state index in [1.165, 1.54) is 0 Å². The zero-order valence-electron chi connectivity index (χ0n) is 10.1. The van der Waals surface area contributed by atoms with Crippen LogP contribution in [0.1, 0.15) is 5.56 Å². The second kappa shape index (κ2) is 5.65. The van der Waals surface area contributed by atoms with Crippen molar-refractivity contribution in [2.75, 3.05) is 18.2 Å². The maximum absolute atomic E-state index is 6.05. The van der Waals surface area contributed by atoms with Gasteiger partial charge in [-0.3, -0.25) is 0 Å². The minimum Gasteiger partial charge on any atom is -0.495 e. The normalized spacial score (nSPS) is 10.1. The van der Waals surface area contributed by atoms with Crippen molar-refractivity contribution in [1.29, 1.82) is 0 Å². The van der Waals surface area contributed by atoms with Crippen LogP contribution in [0, 0.1) is 0 Å². The number of benzene rings is 2. The molecule has 0 unspecified atom stereocenters. The minimum atomic E-state index is 0.597. The molecule has 2 aromatic rings. The third kappa shape index (κ3) is 3.08. The average molecular weight is 263 g/mol. The standard InChI is InChI=1S/C14H15ClN2O/c1-18-14-7-6-12(8-13(14)15)17-9-10-2-4-11(16)5-3-10/h2-8,17H,9,16H2,1H3. The van der Waals surface area contributed by atoms with Gasteiger partial charge in [-0.1, -0.05) is 23.7 Å². The molecule has 0 amide bonds. The molecule has 0 aromatic heterocycles. The molecule has 4 heteroatoms. The van der Waals surface area contributed by atoms with E-state index in [0.717, 1.165) is 23.5 Å². The lowest BCUT2D eigenvalue weighted by atomic mass is 10.2. The fourth-order valence-electron chi connectivity index (χ4n) is 1.62. The molecule has 0 saturated heterocycles. The smallest absolute Gasteiger partial charge is 0.137 e. The summed E-state index contributed by atoms with van der Waals surface area (Å²) in [6.07, 6.45) is 0. The fraction of sp³-hybridized carbons (Fsp3) is 0.143. The first-order chi connectivity index (χ1) is 8.69. The number of halogens is 1. The third-order valence-electron chi connectivity index (χ3n) is 2.63. The number of hydrogen-bond acceptors (Lipinski definition) is 3. The van der Waals surface area contributed by atoms with Crippen LogP contribution in [0.2, 0.25) is 5.02 Å². The highest BCUT2D eigenvalue weighted by Crippen LogP contribution is 2.27. The van der Waals surface area contributed by atoms with Gasteiger partial charge in [0.2, 0.25) is 0 Å². The molecule has 0 spiro atoms. The van der Waals surface area contributed by atoms with Crippen LogP contribution in [0.15, 0.2) is 42.5 Å². The van der Waals surface area contributed by atoms with Crippen molar-refractivity contribution in [3.63, 3.8) is 0 Å². The average Bonchev–Trinajstić information content (AvgIpc) is 2.38. The van der Waals surface area contributed by atoms with E-state index in [-0.39, 0.29) is 0 Å². The van der Waals surface area contributed by atoms with Gasteiger partial charge in [-0.25, -0.2) is 0 Å². The Hall–Kier alpha value is -1.87. The number of anilines is 2. The second-order valence-electron chi connectivity index (χ2n) is 3.94. The van der Waals surface area contributed by atoms with Crippen LogP contribution >= 0.6 is 11.6 Å². The van der Waals surface area contributed by atoms with E-state index in [9.17, 15) is 0 Å². The third-order valence-corrected chi connectivity index (χ3v) is 2.92. The van der Waals surface area contributed by atoms with Gasteiger partial charge in [-0.15, -0.1) is 0 Å². The highest BCUT2D eigenvalue weighted by atomic mass is 35.5. The monoisotopic (exact) mass is 262 g/mol. The Balaban J connectivity index is 2.02. The molecule has 2 aromatic carbocycles. The predicted molar refractivity (Wildman–Crippen MR) is 76.2 cm³/mol. The Kier molecular flexibility index (Phi) is 3.95. The first kappa shape index (κ1) is 12.6. The van der Waals surface area contributed by atoms with E-state index in [2.05, 4.69) is 5.32 Å². The van der Waals surface area contributed by atoms with Gasteiger partial charge in [0.05, 0.1) is 12.1 Å². The Morgan fingerprint density at radius 1 is 1.17 bits per heavy atom. The lowest BCUT2D eigenvalue weighted by Gasteiger charge is -2.09. The second-order valence-corrected chi connectivity index (χ2v) is 4.35. The van der Waals surface area contributed by atoms with Gasteiger partial charge in [0.1, 0.15) is 5.75 Å². The van der Waals surface area contributed by atoms with Gasteiger partial charge in [0.15, 0.2) is 0 Å². The van der Waals surface area contributed by atoms with Gasteiger partial charge in [0, 0.05) is 17.9 Å². The Bertz CT molecular complexity index is 526. The van der Waals surface area contributed by atoms with E-state index in [4.69, 9.17) is 22.1 Å². The molecule has 0 aliphatic carbocycles. The highest BCUT2D eigenvalue weighted by molar-refractivity contribution is 6.32. The largest absolute Gasteiger partial charge is 0.495 e. The maximum Gasteiger partial charge on any atom is 0.137 e. The van der Waals surface area contributed by atoms with Crippen molar-refractivity contribution >= 4 is 23.0 Å². The number of hydrogen-bond donors (Lipinski definition) is 2. The van der Waals surface area contributed by atoms with Gasteiger partial charge < -0.3 is 15.8 Å². The zero-order chi connectivity index (χ0) is 13.0. The summed E-state index contributed by atoms with van der Waals surface area (Å²) in [5, 5.41) is 3.89. The molecule has 0 fully saturated rings. The van der Waals surface area contributed by atoms with Crippen molar-refractivity contribution in [3.8, 4) is 5.75 Å². The summed E-state index contributed by atoms with van der Waals surface area (Å²) in [5.41, 5.74) is 8.52. The van der Waals surface area contributed by atoms with Crippen molar-refractivity contribution < 1.29 is 4.74 Å². The Morgan fingerprint density at radius 2 is 1.89 bits per heavy atom. The fourth-order valence-corrected chi connectivity index (χ4v) is 1.87. The first-order valence-corrected chi connectivity index (χ1v) is 5.98.